The molecule has 1 rings (SSSR count). The molecule has 0 aromatic heterocycles. The smallest absolute Gasteiger partial charge is 0.0355 e. The van der Waals surface area contributed by atoms with Crippen molar-refractivity contribution >= 4 is 17.0 Å². The van der Waals surface area contributed by atoms with Gasteiger partial charge in [-0.25, -0.2) is 0 Å². The maximum absolute atomic E-state index is 5.96. The van der Waals surface area contributed by atoms with Crippen molar-refractivity contribution in [3.05, 3.63) is 35.4 Å². The van der Waals surface area contributed by atoms with Crippen molar-refractivity contribution in [3.8, 4) is 0 Å². The molecule has 0 atom stereocenters. The van der Waals surface area contributed by atoms with Crippen LogP contribution in [-0.4, -0.2) is 0 Å². The average Bonchev–Trinajstić information content (AvgIpc) is 1.86. The maximum Gasteiger partial charge on any atom is 0.0355 e. The summed E-state index contributed by atoms with van der Waals surface area (Å²) >= 11 is 0. The molecule has 0 aliphatic carbocycles. The Morgan fingerprint density at radius 2 is 1.67 bits per heavy atom. The summed E-state index contributed by atoms with van der Waals surface area (Å²) in [5.74, 6) is 0. The SMILES string of the molecule is Br.Cc1ccccc1C(C)(C)N. The molecule has 0 aliphatic heterocycles. The van der Waals surface area contributed by atoms with E-state index < -0.39 is 0 Å². The molecule has 2 N–H and O–H groups in total. The summed E-state index contributed by atoms with van der Waals surface area (Å²) in [7, 11) is 0. The Morgan fingerprint density at radius 1 is 1.17 bits per heavy atom. The van der Waals surface area contributed by atoms with Gasteiger partial charge in [-0.2, -0.15) is 0 Å². The van der Waals surface area contributed by atoms with Gasteiger partial charge in [-0.3, -0.25) is 0 Å². The van der Waals surface area contributed by atoms with Gasteiger partial charge in [0, 0.05) is 5.54 Å². The Hall–Kier alpha value is -0.340. The van der Waals surface area contributed by atoms with Crippen LogP contribution in [0.25, 0.3) is 0 Å². The number of halogens is 1. The Morgan fingerprint density at radius 3 is 2.00 bits per heavy atom. The lowest BCUT2D eigenvalue weighted by molar-refractivity contribution is 0.551. The molecule has 1 aromatic rings. The first-order valence-electron chi connectivity index (χ1n) is 3.87. The first-order valence-corrected chi connectivity index (χ1v) is 3.87. The average molecular weight is 230 g/mol. The number of aryl methyl sites for hydroxylation is 1. The van der Waals surface area contributed by atoms with Crippen LogP contribution < -0.4 is 5.73 Å². The van der Waals surface area contributed by atoms with E-state index in [9.17, 15) is 0 Å². The van der Waals surface area contributed by atoms with Crippen molar-refractivity contribution in [2.75, 3.05) is 0 Å². The second-order valence-corrected chi connectivity index (χ2v) is 3.54. The third-order valence-corrected chi connectivity index (χ3v) is 1.84. The van der Waals surface area contributed by atoms with Crippen LogP contribution in [0.4, 0.5) is 0 Å². The van der Waals surface area contributed by atoms with E-state index in [2.05, 4.69) is 19.1 Å². The molecular formula is C10H16BrN. The summed E-state index contributed by atoms with van der Waals surface area (Å²) < 4.78 is 0. The maximum atomic E-state index is 5.96. The van der Waals surface area contributed by atoms with Crippen molar-refractivity contribution in [2.45, 2.75) is 26.3 Å². The van der Waals surface area contributed by atoms with E-state index in [1.54, 1.807) is 0 Å². The van der Waals surface area contributed by atoms with Crippen molar-refractivity contribution < 1.29 is 0 Å². The van der Waals surface area contributed by atoms with Crippen molar-refractivity contribution in [1.29, 1.82) is 0 Å². The predicted octanol–water partition coefficient (Wildman–Crippen LogP) is 2.77. The standard InChI is InChI=1S/C10H15N.BrH/c1-8-6-4-5-7-9(8)10(2,3)11;/h4-7H,11H2,1-3H3;1H. The zero-order valence-corrected chi connectivity index (χ0v) is 9.51. The van der Waals surface area contributed by atoms with E-state index in [1.807, 2.05) is 26.0 Å². The van der Waals surface area contributed by atoms with Gasteiger partial charge in [0.15, 0.2) is 0 Å². The fraction of sp³-hybridized carbons (Fsp3) is 0.400. The highest BCUT2D eigenvalue weighted by Crippen LogP contribution is 2.19. The van der Waals surface area contributed by atoms with Gasteiger partial charge in [-0.1, -0.05) is 24.3 Å². The Kier molecular flexibility index (Phi) is 3.94. The molecule has 2 heteroatoms. The fourth-order valence-corrected chi connectivity index (χ4v) is 1.30. The highest BCUT2D eigenvalue weighted by atomic mass is 79.9. The lowest BCUT2D eigenvalue weighted by Gasteiger charge is -2.21. The Balaban J connectivity index is 0.00000121. The van der Waals surface area contributed by atoms with E-state index in [-0.39, 0.29) is 22.5 Å². The third-order valence-electron chi connectivity index (χ3n) is 1.84. The van der Waals surface area contributed by atoms with Gasteiger partial charge in [0.2, 0.25) is 0 Å². The lowest BCUT2D eigenvalue weighted by Crippen LogP contribution is -2.29. The molecule has 0 unspecified atom stereocenters. The zero-order valence-electron chi connectivity index (χ0n) is 7.79. The van der Waals surface area contributed by atoms with E-state index in [4.69, 9.17) is 5.73 Å². The van der Waals surface area contributed by atoms with Crippen LogP contribution in [0.5, 0.6) is 0 Å². The molecule has 1 nitrogen and oxygen atoms in total. The molecule has 0 aliphatic rings. The van der Waals surface area contributed by atoms with Crippen LogP contribution in [0.15, 0.2) is 24.3 Å². The highest BCUT2D eigenvalue weighted by molar-refractivity contribution is 8.93. The van der Waals surface area contributed by atoms with Gasteiger partial charge >= 0.3 is 0 Å². The summed E-state index contributed by atoms with van der Waals surface area (Å²) in [5.41, 5.74) is 8.23. The van der Waals surface area contributed by atoms with E-state index in [1.165, 1.54) is 11.1 Å². The summed E-state index contributed by atoms with van der Waals surface area (Å²) in [6.45, 7) is 6.13. The van der Waals surface area contributed by atoms with Crippen LogP contribution >= 0.6 is 17.0 Å². The second-order valence-electron chi connectivity index (χ2n) is 3.54. The molecule has 0 fully saturated rings. The molecular weight excluding hydrogens is 214 g/mol. The number of benzene rings is 1. The minimum Gasteiger partial charge on any atom is -0.322 e. The molecule has 0 amide bonds. The molecule has 0 radical (unpaired) electrons. The number of hydrogen-bond donors (Lipinski definition) is 1. The quantitative estimate of drug-likeness (QED) is 0.788. The number of rotatable bonds is 1. The number of nitrogens with two attached hydrogens (primary N) is 1. The third kappa shape index (κ3) is 2.61. The molecule has 0 saturated heterocycles. The molecule has 0 bridgehead atoms. The van der Waals surface area contributed by atoms with Crippen LogP contribution in [0.1, 0.15) is 25.0 Å². The second kappa shape index (κ2) is 4.06. The highest BCUT2D eigenvalue weighted by Gasteiger charge is 2.14. The summed E-state index contributed by atoms with van der Waals surface area (Å²) in [6.07, 6.45) is 0. The monoisotopic (exact) mass is 229 g/mol. The van der Waals surface area contributed by atoms with Gasteiger partial charge in [0.1, 0.15) is 0 Å². The van der Waals surface area contributed by atoms with Crippen molar-refractivity contribution in [3.63, 3.8) is 0 Å². The normalized spacial score (nSPS) is 10.7. The lowest BCUT2D eigenvalue weighted by atomic mass is 9.92. The molecule has 0 saturated carbocycles. The fourth-order valence-electron chi connectivity index (χ4n) is 1.30. The van der Waals surface area contributed by atoms with Crippen LogP contribution in [-0.2, 0) is 5.54 Å². The molecule has 0 spiro atoms. The van der Waals surface area contributed by atoms with E-state index in [0.717, 1.165) is 0 Å². The van der Waals surface area contributed by atoms with Crippen LogP contribution in [0.2, 0.25) is 0 Å². The molecule has 12 heavy (non-hydrogen) atoms. The van der Waals surface area contributed by atoms with Gasteiger partial charge in [-0.15, -0.1) is 17.0 Å². The minimum absolute atomic E-state index is 0. The van der Waals surface area contributed by atoms with Crippen LogP contribution in [0.3, 0.4) is 0 Å². The van der Waals surface area contributed by atoms with Crippen molar-refractivity contribution in [2.24, 2.45) is 5.73 Å². The predicted molar refractivity (Wildman–Crippen MR) is 58.7 cm³/mol. The molecule has 0 heterocycles. The first-order chi connectivity index (χ1) is 5.02. The summed E-state index contributed by atoms with van der Waals surface area (Å²) in [4.78, 5) is 0. The van der Waals surface area contributed by atoms with Gasteiger partial charge in [0.25, 0.3) is 0 Å². The van der Waals surface area contributed by atoms with Crippen molar-refractivity contribution in [1.82, 2.24) is 0 Å². The molecule has 68 valence electrons. The summed E-state index contributed by atoms with van der Waals surface area (Å²) in [5, 5.41) is 0. The van der Waals surface area contributed by atoms with Gasteiger partial charge in [0.05, 0.1) is 0 Å². The largest absolute Gasteiger partial charge is 0.322 e. The summed E-state index contributed by atoms with van der Waals surface area (Å²) in [6, 6.07) is 8.22. The topological polar surface area (TPSA) is 26.0 Å². The van der Waals surface area contributed by atoms with E-state index in [0.29, 0.717) is 0 Å². The zero-order chi connectivity index (χ0) is 8.48. The van der Waals surface area contributed by atoms with Gasteiger partial charge in [-0.05, 0) is 31.9 Å². The molecule has 1 aromatic carbocycles. The Labute approximate surface area is 84.7 Å². The van der Waals surface area contributed by atoms with Crippen LogP contribution in [0, 0.1) is 6.92 Å². The van der Waals surface area contributed by atoms with E-state index >= 15 is 0 Å². The number of hydrogen-bond acceptors (Lipinski definition) is 1. The Bertz CT molecular complexity index is 250. The first kappa shape index (κ1) is 11.7. The minimum atomic E-state index is -0.217. The van der Waals surface area contributed by atoms with Gasteiger partial charge < -0.3 is 5.73 Å².